The number of anilines is 1. The Bertz CT molecular complexity index is 2030. The molecule has 0 spiro atoms. The highest BCUT2D eigenvalue weighted by Crippen LogP contribution is 2.35. The summed E-state index contributed by atoms with van der Waals surface area (Å²) in [5.41, 5.74) is 9.13. The van der Waals surface area contributed by atoms with Crippen molar-refractivity contribution >= 4 is 17.0 Å². The maximum atomic E-state index is 8.64. The standard InChI is InChI=1S/C65H108N2O22.ClH/c1-58-56-61(66-12-16-70-20-24-74-28-32-78-36-40-82-44-48-86-52-54-88-50-46-84-42-38-80-34-30-76-26-22-72-18-14-68)8-10-63(58)65(60-6-4-3-5-7-60)64-11-9-62(57-59(64)2)67-13-17-71-21-25-75-29-33-79-37-41-83-45-49-87-53-55-89-51-47-85-43-39-81-35-31-77-27-23-73-19-15-69;/h3-11,56-57,66,68-69H,12-55H2,1-2H3;1H/b65-64+,67-62?;. The zero-order chi connectivity index (χ0) is 63.1. The van der Waals surface area contributed by atoms with Crippen LogP contribution in [0, 0.1) is 6.92 Å². The second-order valence-electron chi connectivity index (χ2n) is 19.3. The highest BCUT2D eigenvalue weighted by Gasteiger charge is 2.18. The monoisotopic (exact) mass is 1300 g/mol. The van der Waals surface area contributed by atoms with Crippen molar-refractivity contribution in [3.63, 3.8) is 0 Å². The molecule has 0 amide bonds. The van der Waals surface area contributed by atoms with Crippen molar-refractivity contribution in [3.05, 3.63) is 94.6 Å². The molecule has 4 N–H and O–H groups in total. The second kappa shape index (κ2) is 64.3. The highest BCUT2D eigenvalue weighted by molar-refractivity contribution is 6.04. The van der Waals surface area contributed by atoms with Crippen molar-refractivity contribution in [2.24, 2.45) is 0 Å². The van der Waals surface area contributed by atoms with E-state index in [-0.39, 0.29) is 25.6 Å². The molecule has 0 radical (unpaired) electrons. The average Bonchev–Trinajstić information content (AvgIpc) is 0.913. The molecule has 0 aromatic heterocycles. The Labute approximate surface area is 541 Å². The zero-order valence-electron chi connectivity index (χ0n) is 53.9. The van der Waals surface area contributed by atoms with E-state index in [0.717, 1.165) is 17.0 Å². The third-order valence-corrected chi connectivity index (χ3v) is 12.4. The van der Waals surface area contributed by atoms with Gasteiger partial charge in [-0.1, -0.05) is 36.4 Å². The molecule has 0 unspecified atom stereocenters. The number of allylic oxidation sites excluding steroid dienone is 5. The molecule has 24 nitrogen and oxygen atoms in total. The summed E-state index contributed by atoms with van der Waals surface area (Å²) in [4.78, 5) is 3.51. The number of benzene rings is 2. The van der Waals surface area contributed by atoms with Crippen LogP contribution in [0.4, 0.5) is 5.69 Å². The van der Waals surface area contributed by atoms with Crippen LogP contribution in [-0.2, 0) is 94.7 Å². The molecule has 2 aromatic carbocycles. The average molecular weight is 1310 g/mol. The molecule has 0 heterocycles. The summed E-state index contributed by atoms with van der Waals surface area (Å²) in [5, 5.41) is 20.8. The van der Waals surface area contributed by atoms with Crippen LogP contribution in [0.5, 0.6) is 0 Å². The van der Waals surface area contributed by atoms with Gasteiger partial charge in [0.15, 0.2) is 12.3 Å². The van der Waals surface area contributed by atoms with Crippen LogP contribution >= 0.6 is 0 Å². The highest BCUT2D eigenvalue weighted by atomic mass is 35.5. The summed E-state index contributed by atoms with van der Waals surface area (Å²) < 4.78 is 110. The fourth-order valence-electron chi connectivity index (χ4n) is 8.00. The van der Waals surface area contributed by atoms with Gasteiger partial charge >= 0.3 is 0 Å². The smallest absolute Gasteiger partial charge is 0.198 e. The van der Waals surface area contributed by atoms with Crippen LogP contribution in [0.1, 0.15) is 23.6 Å². The molecular weight excluding hydrogens is 1200 g/mol. The van der Waals surface area contributed by atoms with Crippen LogP contribution in [0.2, 0.25) is 0 Å². The van der Waals surface area contributed by atoms with Crippen molar-refractivity contribution in [2.45, 2.75) is 13.8 Å². The molecule has 0 saturated heterocycles. The van der Waals surface area contributed by atoms with E-state index in [1.807, 2.05) is 6.07 Å². The number of aryl methyl sites for hydroxylation is 1. The van der Waals surface area contributed by atoms with E-state index in [2.05, 4.69) is 84.8 Å². The first-order valence-electron chi connectivity index (χ1n) is 31.5. The number of hydrogen-bond donors (Lipinski definition) is 4. The van der Waals surface area contributed by atoms with E-state index >= 15 is 0 Å². The molecular formula is C65H109ClN2O22. The normalized spacial score (nSPS) is 13.4. The summed E-state index contributed by atoms with van der Waals surface area (Å²) in [6, 6.07) is 17.1. The zero-order valence-corrected chi connectivity index (χ0v) is 54.7. The lowest BCUT2D eigenvalue weighted by Crippen LogP contribution is -3.00. The number of aliphatic hydroxyl groups is 2. The van der Waals surface area contributed by atoms with Crippen LogP contribution in [0.15, 0.2) is 77.9 Å². The summed E-state index contributed by atoms with van der Waals surface area (Å²) in [7, 11) is 0. The number of aliphatic hydroxyl groups excluding tert-OH is 2. The molecule has 1 aliphatic rings. The molecule has 518 valence electrons. The Balaban J connectivity index is 0.0000276. The molecule has 0 atom stereocenters. The first-order chi connectivity index (χ1) is 44.1. The van der Waals surface area contributed by atoms with Crippen molar-refractivity contribution in [3.8, 4) is 0 Å². The van der Waals surface area contributed by atoms with Gasteiger partial charge in [-0.15, -0.1) is 0 Å². The van der Waals surface area contributed by atoms with Crippen molar-refractivity contribution in [1.82, 2.24) is 0 Å². The Morgan fingerprint density at radius 2 is 0.656 bits per heavy atom. The summed E-state index contributed by atoms with van der Waals surface area (Å²) in [6.07, 6.45) is 6.53. The minimum Gasteiger partial charge on any atom is -1.00 e. The van der Waals surface area contributed by atoms with E-state index in [9.17, 15) is 0 Å². The van der Waals surface area contributed by atoms with Gasteiger partial charge in [-0.2, -0.15) is 0 Å². The SMILES string of the molecule is CC1=CC(=[NH+]CCOCCOCCOCCOCCOCCOCCOCCOCCOCCOCCO)C=C/C1=C(/c1ccccc1)c1ccc(NCCOCCOCCOCCOCCOCCOCCOCCOCCOCCOCCO)cc1C.[Cl-]. The van der Waals surface area contributed by atoms with Crippen molar-refractivity contribution < 1.29 is 122 Å². The molecule has 3 rings (SSSR count). The van der Waals surface area contributed by atoms with Crippen molar-refractivity contribution in [2.75, 3.05) is 296 Å². The predicted octanol–water partition coefficient (Wildman–Crippen LogP) is -0.433. The van der Waals surface area contributed by atoms with Gasteiger partial charge < -0.3 is 123 Å². The number of ether oxygens (including phenoxy) is 20. The molecule has 1 aliphatic carbocycles. The lowest BCUT2D eigenvalue weighted by atomic mass is 9.85. The summed E-state index contributed by atoms with van der Waals surface area (Å²) in [6.45, 7) is 25.1. The first-order valence-corrected chi connectivity index (χ1v) is 31.5. The van der Waals surface area contributed by atoms with Gasteiger partial charge in [0.1, 0.15) is 6.61 Å². The van der Waals surface area contributed by atoms with Crippen LogP contribution in [0.3, 0.4) is 0 Å². The third kappa shape index (κ3) is 48.3. The Hall–Kier alpha value is -3.46. The predicted molar refractivity (Wildman–Crippen MR) is 336 cm³/mol. The number of nitrogens with one attached hydrogen (secondary N) is 2. The quantitative estimate of drug-likeness (QED) is 0.0614. The molecule has 2 aromatic rings. The van der Waals surface area contributed by atoms with Gasteiger partial charge in [0.05, 0.1) is 271 Å². The van der Waals surface area contributed by atoms with Gasteiger partial charge in [0, 0.05) is 24.4 Å². The van der Waals surface area contributed by atoms with Gasteiger partial charge in [-0.05, 0) is 65.5 Å². The Kier molecular flexibility index (Phi) is 59.0. The van der Waals surface area contributed by atoms with Gasteiger partial charge in [-0.3, -0.25) is 0 Å². The van der Waals surface area contributed by atoms with E-state index < -0.39 is 0 Å². The number of halogens is 1. The molecule has 0 bridgehead atoms. The number of rotatable bonds is 67. The molecule has 0 fully saturated rings. The number of hydrogen-bond acceptors (Lipinski definition) is 23. The summed E-state index contributed by atoms with van der Waals surface area (Å²) >= 11 is 0. The Morgan fingerprint density at radius 3 is 0.956 bits per heavy atom. The van der Waals surface area contributed by atoms with E-state index in [1.165, 1.54) is 27.8 Å². The minimum atomic E-state index is 0. The molecule has 0 saturated carbocycles. The van der Waals surface area contributed by atoms with Crippen LogP contribution in [-0.4, -0.2) is 307 Å². The van der Waals surface area contributed by atoms with Gasteiger partial charge in [0.2, 0.25) is 0 Å². The van der Waals surface area contributed by atoms with Gasteiger partial charge in [0.25, 0.3) is 0 Å². The fraction of sp³-hybridized carbons (Fsp3) is 0.708. The van der Waals surface area contributed by atoms with Crippen LogP contribution in [0.25, 0.3) is 5.57 Å². The molecule has 90 heavy (non-hydrogen) atoms. The van der Waals surface area contributed by atoms with Crippen molar-refractivity contribution in [1.29, 1.82) is 0 Å². The van der Waals surface area contributed by atoms with E-state index in [4.69, 9.17) is 105 Å². The minimum absolute atomic E-state index is 0. The maximum absolute atomic E-state index is 8.64. The second-order valence-corrected chi connectivity index (χ2v) is 19.3. The van der Waals surface area contributed by atoms with Crippen LogP contribution < -0.4 is 22.7 Å². The third-order valence-electron chi connectivity index (χ3n) is 12.4. The first kappa shape index (κ1) is 82.6. The van der Waals surface area contributed by atoms with E-state index in [1.54, 1.807) is 0 Å². The topological polar surface area (TPSA) is 251 Å². The fourth-order valence-corrected chi connectivity index (χ4v) is 8.00. The van der Waals surface area contributed by atoms with E-state index in [0.29, 0.717) is 277 Å². The lowest BCUT2D eigenvalue weighted by molar-refractivity contribution is -0.459. The maximum Gasteiger partial charge on any atom is 0.198 e. The van der Waals surface area contributed by atoms with Gasteiger partial charge in [-0.25, -0.2) is 4.99 Å². The largest absolute Gasteiger partial charge is 1.00 e. The Morgan fingerprint density at radius 1 is 0.356 bits per heavy atom. The molecule has 25 heteroatoms. The molecule has 0 aliphatic heterocycles. The summed E-state index contributed by atoms with van der Waals surface area (Å²) in [5.74, 6) is 0. The lowest BCUT2D eigenvalue weighted by Gasteiger charge is -2.19.